The Kier molecular flexibility index (Phi) is 5.23. The molecule has 0 atom stereocenters. The summed E-state index contributed by atoms with van der Waals surface area (Å²) >= 11 is 3.38. The molecule has 0 saturated heterocycles. The smallest absolute Gasteiger partial charge is 0.336 e. The predicted octanol–water partition coefficient (Wildman–Crippen LogP) is 4.49. The van der Waals surface area contributed by atoms with Crippen LogP contribution in [0.1, 0.15) is 11.1 Å². The number of benzene rings is 2. The third-order valence-corrected chi connectivity index (χ3v) is 4.23. The molecule has 0 spiro atoms. The summed E-state index contributed by atoms with van der Waals surface area (Å²) in [5.41, 5.74) is 1.47. The van der Waals surface area contributed by atoms with Crippen LogP contribution in [0.4, 0.5) is 0 Å². The Morgan fingerprint density at radius 3 is 2.73 bits per heavy atom. The van der Waals surface area contributed by atoms with Gasteiger partial charge in [-0.3, -0.25) is 0 Å². The van der Waals surface area contributed by atoms with Crippen molar-refractivity contribution in [1.82, 2.24) is 0 Å². The Morgan fingerprint density at radius 2 is 1.96 bits per heavy atom. The van der Waals surface area contributed by atoms with E-state index in [9.17, 15) is 9.59 Å². The maximum atomic E-state index is 12.1. The molecule has 5 nitrogen and oxygen atoms in total. The van der Waals surface area contributed by atoms with Crippen LogP contribution in [0.2, 0.25) is 0 Å². The predicted molar refractivity (Wildman–Crippen MR) is 103 cm³/mol. The molecule has 6 heteroatoms. The lowest BCUT2D eigenvalue weighted by Crippen LogP contribution is -2.04. The molecular formula is C20H15BrO5. The van der Waals surface area contributed by atoms with Crippen LogP contribution in [0.15, 0.2) is 62.2 Å². The number of carbonyl (C=O) groups excluding carboxylic acids is 1. The number of aryl methyl sites for hydroxylation is 1. The Labute approximate surface area is 158 Å². The molecule has 1 aromatic heterocycles. The molecule has 0 aliphatic heterocycles. The molecule has 0 aliphatic rings. The summed E-state index contributed by atoms with van der Waals surface area (Å²) in [6.07, 6.45) is 2.91. The Bertz CT molecular complexity index is 1070. The van der Waals surface area contributed by atoms with E-state index < -0.39 is 11.6 Å². The second-order valence-corrected chi connectivity index (χ2v) is 6.46. The van der Waals surface area contributed by atoms with Crippen molar-refractivity contribution in [3.05, 3.63) is 74.6 Å². The highest BCUT2D eigenvalue weighted by atomic mass is 79.9. The maximum absolute atomic E-state index is 12.1. The summed E-state index contributed by atoms with van der Waals surface area (Å²) in [6, 6.07) is 11.8. The molecule has 0 aliphatic carbocycles. The van der Waals surface area contributed by atoms with Gasteiger partial charge >= 0.3 is 11.6 Å². The molecule has 26 heavy (non-hydrogen) atoms. The van der Waals surface area contributed by atoms with Gasteiger partial charge in [-0.25, -0.2) is 9.59 Å². The third-order valence-electron chi connectivity index (χ3n) is 3.73. The molecule has 3 aromatic rings. The molecular weight excluding hydrogens is 400 g/mol. The molecule has 0 fully saturated rings. The van der Waals surface area contributed by atoms with Gasteiger partial charge in [0.1, 0.15) is 17.1 Å². The molecule has 0 radical (unpaired) electrons. The van der Waals surface area contributed by atoms with Crippen LogP contribution in [0, 0.1) is 6.92 Å². The first kappa shape index (κ1) is 17.9. The summed E-state index contributed by atoms with van der Waals surface area (Å²) in [7, 11) is 1.56. The standard InChI is InChI=1S/C20H15BrO5/c1-12-9-20(23)26-18-11-15(5-6-16(12)18)25-19(22)8-3-13-10-14(21)4-7-17(13)24-2/h3-11H,1-2H3/b8-3+. The largest absolute Gasteiger partial charge is 0.496 e. The Morgan fingerprint density at radius 1 is 1.15 bits per heavy atom. The van der Waals surface area contributed by atoms with E-state index in [0.717, 1.165) is 21.0 Å². The highest BCUT2D eigenvalue weighted by molar-refractivity contribution is 9.10. The summed E-state index contributed by atoms with van der Waals surface area (Å²) in [5.74, 6) is 0.378. The lowest BCUT2D eigenvalue weighted by atomic mass is 10.1. The fraction of sp³-hybridized carbons (Fsp3) is 0.100. The number of hydrogen-bond donors (Lipinski definition) is 0. The monoisotopic (exact) mass is 414 g/mol. The van der Waals surface area contributed by atoms with Gasteiger partial charge in [-0.1, -0.05) is 15.9 Å². The number of rotatable bonds is 4. The summed E-state index contributed by atoms with van der Waals surface area (Å²) in [6.45, 7) is 1.82. The number of carbonyl (C=O) groups is 1. The van der Waals surface area contributed by atoms with Crippen LogP contribution >= 0.6 is 15.9 Å². The SMILES string of the molecule is COc1ccc(Br)cc1/C=C/C(=O)Oc1ccc2c(C)cc(=O)oc2c1. The van der Waals surface area contributed by atoms with Gasteiger partial charge < -0.3 is 13.9 Å². The number of halogens is 1. The van der Waals surface area contributed by atoms with Crippen molar-refractivity contribution < 1.29 is 18.7 Å². The minimum Gasteiger partial charge on any atom is -0.496 e. The zero-order chi connectivity index (χ0) is 18.7. The van der Waals surface area contributed by atoms with E-state index in [4.69, 9.17) is 13.9 Å². The minimum absolute atomic E-state index is 0.294. The zero-order valence-electron chi connectivity index (χ0n) is 14.1. The van der Waals surface area contributed by atoms with Crippen LogP contribution in [-0.2, 0) is 4.79 Å². The van der Waals surface area contributed by atoms with Crippen molar-refractivity contribution in [2.24, 2.45) is 0 Å². The van der Waals surface area contributed by atoms with E-state index in [0.29, 0.717) is 17.1 Å². The van der Waals surface area contributed by atoms with Gasteiger partial charge in [0.25, 0.3) is 0 Å². The Hall–Kier alpha value is -2.86. The van der Waals surface area contributed by atoms with Crippen LogP contribution in [0.3, 0.4) is 0 Å². The number of esters is 1. The molecule has 0 bridgehead atoms. The summed E-state index contributed by atoms with van der Waals surface area (Å²) < 4.78 is 16.6. The van der Waals surface area contributed by atoms with E-state index in [1.807, 2.05) is 19.1 Å². The number of methoxy groups -OCH3 is 1. The normalized spacial score (nSPS) is 11.0. The van der Waals surface area contributed by atoms with Gasteiger partial charge in [-0.15, -0.1) is 0 Å². The average molecular weight is 415 g/mol. The molecule has 0 saturated carbocycles. The molecule has 0 amide bonds. The molecule has 1 heterocycles. The number of fused-ring (bicyclic) bond motifs is 1. The average Bonchev–Trinajstić information content (AvgIpc) is 2.59. The maximum Gasteiger partial charge on any atom is 0.336 e. The first-order chi connectivity index (χ1) is 12.5. The molecule has 0 N–H and O–H groups in total. The molecule has 2 aromatic carbocycles. The molecule has 3 rings (SSSR count). The van der Waals surface area contributed by atoms with Crippen molar-refractivity contribution in [2.45, 2.75) is 6.92 Å². The van der Waals surface area contributed by atoms with Gasteiger partial charge in [-0.2, -0.15) is 0 Å². The number of ether oxygens (including phenoxy) is 2. The van der Waals surface area contributed by atoms with Crippen molar-refractivity contribution in [3.63, 3.8) is 0 Å². The fourth-order valence-corrected chi connectivity index (χ4v) is 2.89. The van der Waals surface area contributed by atoms with Gasteiger partial charge in [0.2, 0.25) is 0 Å². The van der Waals surface area contributed by atoms with E-state index >= 15 is 0 Å². The second kappa shape index (κ2) is 7.58. The van der Waals surface area contributed by atoms with Crippen LogP contribution < -0.4 is 15.1 Å². The zero-order valence-corrected chi connectivity index (χ0v) is 15.7. The lowest BCUT2D eigenvalue weighted by Gasteiger charge is -2.06. The first-order valence-corrected chi connectivity index (χ1v) is 8.53. The van der Waals surface area contributed by atoms with E-state index in [2.05, 4.69) is 15.9 Å². The van der Waals surface area contributed by atoms with Crippen molar-refractivity contribution in [2.75, 3.05) is 7.11 Å². The Balaban J connectivity index is 1.81. The quantitative estimate of drug-likeness (QED) is 0.272. The fourth-order valence-electron chi connectivity index (χ4n) is 2.51. The van der Waals surface area contributed by atoms with Crippen molar-refractivity contribution >= 4 is 38.9 Å². The summed E-state index contributed by atoms with van der Waals surface area (Å²) in [4.78, 5) is 23.6. The first-order valence-electron chi connectivity index (χ1n) is 7.74. The highest BCUT2D eigenvalue weighted by Gasteiger charge is 2.07. The number of hydrogen-bond acceptors (Lipinski definition) is 5. The van der Waals surface area contributed by atoms with Gasteiger partial charge in [0.05, 0.1) is 7.11 Å². The topological polar surface area (TPSA) is 65.7 Å². The van der Waals surface area contributed by atoms with Gasteiger partial charge in [0.15, 0.2) is 0 Å². The molecule has 0 unspecified atom stereocenters. The minimum atomic E-state index is -0.554. The van der Waals surface area contributed by atoms with Crippen molar-refractivity contribution in [3.8, 4) is 11.5 Å². The lowest BCUT2D eigenvalue weighted by molar-refractivity contribution is -0.128. The highest BCUT2D eigenvalue weighted by Crippen LogP contribution is 2.25. The van der Waals surface area contributed by atoms with Gasteiger partial charge in [0, 0.05) is 33.6 Å². The van der Waals surface area contributed by atoms with E-state index in [-0.39, 0.29) is 0 Å². The van der Waals surface area contributed by atoms with Crippen LogP contribution in [0.5, 0.6) is 11.5 Å². The van der Waals surface area contributed by atoms with Crippen molar-refractivity contribution in [1.29, 1.82) is 0 Å². The summed E-state index contributed by atoms with van der Waals surface area (Å²) in [5, 5.41) is 0.791. The molecule has 132 valence electrons. The van der Waals surface area contributed by atoms with Crippen LogP contribution in [-0.4, -0.2) is 13.1 Å². The second-order valence-electron chi connectivity index (χ2n) is 5.55. The van der Waals surface area contributed by atoms with E-state index in [1.165, 1.54) is 18.2 Å². The van der Waals surface area contributed by atoms with Crippen LogP contribution in [0.25, 0.3) is 17.0 Å². The third kappa shape index (κ3) is 4.03. The van der Waals surface area contributed by atoms with Gasteiger partial charge in [-0.05, 0) is 48.9 Å². The van der Waals surface area contributed by atoms with E-state index in [1.54, 1.807) is 31.4 Å².